The van der Waals surface area contributed by atoms with Crippen molar-refractivity contribution >= 4 is 17.1 Å². The zero-order valence-corrected chi connectivity index (χ0v) is 14.3. The average Bonchev–Trinajstić information content (AvgIpc) is 3.15. The van der Waals surface area contributed by atoms with E-state index >= 15 is 0 Å². The monoisotopic (exact) mass is 328 g/mol. The molecule has 120 valence electrons. The number of likely N-dealkylation sites (tertiary alicyclic amines) is 1. The smallest absolute Gasteiger partial charge is 0.252 e. The Morgan fingerprint density at radius 1 is 1.30 bits per heavy atom. The molecule has 23 heavy (non-hydrogen) atoms. The Labute approximate surface area is 139 Å². The van der Waals surface area contributed by atoms with Gasteiger partial charge in [0.05, 0.1) is 10.7 Å². The Morgan fingerprint density at radius 3 is 3.04 bits per heavy atom. The second-order valence-electron chi connectivity index (χ2n) is 6.21. The number of fused-ring (bicyclic) bond motifs is 1. The summed E-state index contributed by atoms with van der Waals surface area (Å²) in [7, 11) is 0. The van der Waals surface area contributed by atoms with E-state index in [-0.39, 0.29) is 0 Å². The molecule has 1 atom stereocenters. The lowest BCUT2D eigenvalue weighted by molar-refractivity contribution is 0.199. The SMILES string of the molecule is Cc1cc(C2CCCN(Cc3cnc(C)s3)C2)n2ncnc2n1. The number of nitrogens with zero attached hydrogens (tertiary/aromatic N) is 6. The third-order valence-electron chi connectivity index (χ3n) is 4.38. The number of rotatable bonds is 3. The quantitative estimate of drug-likeness (QED) is 0.739. The third-order valence-corrected chi connectivity index (χ3v) is 5.28. The molecule has 1 saturated heterocycles. The van der Waals surface area contributed by atoms with Gasteiger partial charge < -0.3 is 0 Å². The summed E-state index contributed by atoms with van der Waals surface area (Å²) in [6.07, 6.45) is 6.00. The fraction of sp³-hybridized carbons (Fsp3) is 0.500. The van der Waals surface area contributed by atoms with Gasteiger partial charge in [0.1, 0.15) is 6.33 Å². The molecule has 1 aliphatic heterocycles. The van der Waals surface area contributed by atoms with Crippen molar-refractivity contribution in [3.05, 3.63) is 39.9 Å². The van der Waals surface area contributed by atoms with Crippen LogP contribution in [0.5, 0.6) is 0 Å². The molecular weight excluding hydrogens is 308 g/mol. The lowest BCUT2D eigenvalue weighted by atomic mass is 9.94. The van der Waals surface area contributed by atoms with E-state index in [0.29, 0.717) is 11.7 Å². The van der Waals surface area contributed by atoms with E-state index < -0.39 is 0 Å². The molecule has 7 heteroatoms. The first-order chi connectivity index (χ1) is 11.2. The summed E-state index contributed by atoms with van der Waals surface area (Å²) < 4.78 is 1.90. The molecule has 4 rings (SSSR count). The van der Waals surface area contributed by atoms with Crippen LogP contribution in [0.25, 0.3) is 5.78 Å². The molecule has 0 radical (unpaired) electrons. The van der Waals surface area contributed by atoms with Gasteiger partial charge in [0.2, 0.25) is 0 Å². The van der Waals surface area contributed by atoms with Gasteiger partial charge in [0.15, 0.2) is 0 Å². The minimum atomic E-state index is 0.476. The molecule has 1 unspecified atom stereocenters. The number of aromatic nitrogens is 5. The van der Waals surface area contributed by atoms with Crippen LogP contribution in [0.15, 0.2) is 18.6 Å². The van der Waals surface area contributed by atoms with Crippen LogP contribution >= 0.6 is 11.3 Å². The van der Waals surface area contributed by atoms with Crippen molar-refractivity contribution in [2.45, 2.75) is 39.2 Å². The van der Waals surface area contributed by atoms with Gasteiger partial charge >= 0.3 is 0 Å². The van der Waals surface area contributed by atoms with Gasteiger partial charge in [-0.05, 0) is 39.3 Å². The van der Waals surface area contributed by atoms with Crippen LogP contribution in [0, 0.1) is 13.8 Å². The van der Waals surface area contributed by atoms with E-state index in [2.05, 4.69) is 37.9 Å². The Hall–Kier alpha value is -1.86. The average molecular weight is 328 g/mol. The molecule has 0 aromatic carbocycles. The summed E-state index contributed by atoms with van der Waals surface area (Å²) in [5, 5.41) is 5.51. The predicted octanol–water partition coefficient (Wildman–Crippen LogP) is 2.58. The van der Waals surface area contributed by atoms with Gasteiger partial charge in [-0.25, -0.2) is 14.5 Å². The molecule has 0 bridgehead atoms. The van der Waals surface area contributed by atoms with Crippen molar-refractivity contribution in [2.24, 2.45) is 0 Å². The van der Waals surface area contributed by atoms with Crippen molar-refractivity contribution in [3.63, 3.8) is 0 Å². The normalized spacial score (nSPS) is 19.5. The van der Waals surface area contributed by atoms with E-state index in [0.717, 1.165) is 30.3 Å². The number of hydrogen-bond acceptors (Lipinski definition) is 6. The van der Waals surface area contributed by atoms with E-state index in [1.54, 1.807) is 17.7 Å². The minimum absolute atomic E-state index is 0.476. The summed E-state index contributed by atoms with van der Waals surface area (Å²) in [4.78, 5) is 16.9. The molecule has 3 aromatic heterocycles. The standard InChI is InChI=1S/C16H20N6S/c1-11-6-15(22-16(20-11)18-10-19-22)13-4-3-5-21(8-13)9-14-7-17-12(2)23-14/h6-7,10,13H,3-5,8-9H2,1-2H3. The molecule has 1 fully saturated rings. The fourth-order valence-corrected chi connectivity index (χ4v) is 4.23. The molecular formula is C16H20N6S. The van der Waals surface area contributed by atoms with E-state index in [9.17, 15) is 0 Å². The maximum absolute atomic E-state index is 4.45. The first kappa shape index (κ1) is 14.7. The molecule has 0 N–H and O–H groups in total. The third kappa shape index (κ3) is 2.98. The lowest BCUT2D eigenvalue weighted by Gasteiger charge is -2.32. The number of thiazole rings is 1. The van der Waals surface area contributed by atoms with Crippen molar-refractivity contribution in [3.8, 4) is 0 Å². The van der Waals surface area contributed by atoms with E-state index in [1.165, 1.54) is 23.4 Å². The largest absolute Gasteiger partial charge is 0.298 e. The molecule has 0 saturated carbocycles. The Bertz CT molecular complexity index is 823. The zero-order valence-electron chi connectivity index (χ0n) is 13.4. The second kappa shape index (κ2) is 5.98. The van der Waals surface area contributed by atoms with E-state index in [4.69, 9.17) is 0 Å². The highest BCUT2D eigenvalue weighted by molar-refractivity contribution is 7.11. The van der Waals surface area contributed by atoms with Crippen LogP contribution in [0.4, 0.5) is 0 Å². The highest BCUT2D eigenvalue weighted by atomic mass is 32.1. The first-order valence-corrected chi connectivity index (χ1v) is 8.81. The predicted molar refractivity (Wildman–Crippen MR) is 89.6 cm³/mol. The minimum Gasteiger partial charge on any atom is -0.298 e. The van der Waals surface area contributed by atoms with Crippen LogP contribution in [-0.2, 0) is 6.54 Å². The maximum atomic E-state index is 4.45. The fourth-order valence-electron chi connectivity index (χ4n) is 3.39. The lowest BCUT2D eigenvalue weighted by Crippen LogP contribution is -2.34. The van der Waals surface area contributed by atoms with Crippen LogP contribution in [0.2, 0.25) is 0 Å². The summed E-state index contributed by atoms with van der Waals surface area (Å²) >= 11 is 1.79. The Morgan fingerprint density at radius 2 is 2.22 bits per heavy atom. The van der Waals surface area contributed by atoms with Crippen molar-refractivity contribution < 1.29 is 0 Å². The first-order valence-electron chi connectivity index (χ1n) is 8.00. The summed E-state index contributed by atoms with van der Waals surface area (Å²) in [6, 6.07) is 2.16. The summed E-state index contributed by atoms with van der Waals surface area (Å²) in [6.45, 7) is 7.28. The molecule has 6 nitrogen and oxygen atoms in total. The van der Waals surface area contributed by atoms with Crippen LogP contribution in [-0.4, -0.2) is 42.6 Å². The van der Waals surface area contributed by atoms with Gasteiger partial charge in [-0.2, -0.15) is 10.1 Å². The summed E-state index contributed by atoms with van der Waals surface area (Å²) in [5.74, 6) is 1.18. The maximum Gasteiger partial charge on any atom is 0.252 e. The van der Waals surface area contributed by atoms with Crippen LogP contribution in [0.1, 0.15) is 40.0 Å². The van der Waals surface area contributed by atoms with Crippen LogP contribution in [0.3, 0.4) is 0 Å². The highest BCUT2D eigenvalue weighted by Gasteiger charge is 2.24. The second-order valence-corrected chi connectivity index (χ2v) is 7.53. The van der Waals surface area contributed by atoms with Crippen molar-refractivity contribution in [1.82, 2.24) is 29.5 Å². The van der Waals surface area contributed by atoms with Crippen molar-refractivity contribution in [1.29, 1.82) is 0 Å². The van der Waals surface area contributed by atoms with Gasteiger partial charge in [-0.3, -0.25) is 4.90 Å². The van der Waals surface area contributed by atoms with Gasteiger partial charge in [0, 0.05) is 35.8 Å². The molecule has 4 heterocycles. The number of piperidine rings is 1. The zero-order chi connectivity index (χ0) is 15.8. The Balaban J connectivity index is 1.57. The molecule has 0 spiro atoms. The highest BCUT2D eigenvalue weighted by Crippen LogP contribution is 2.28. The molecule has 0 aliphatic carbocycles. The topological polar surface area (TPSA) is 59.2 Å². The van der Waals surface area contributed by atoms with E-state index in [1.807, 2.05) is 17.6 Å². The van der Waals surface area contributed by atoms with Gasteiger partial charge in [0.25, 0.3) is 5.78 Å². The van der Waals surface area contributed by atoms with Crippen molar-refractivity contribution in [2.75, 3.05) is 13.1 Å². The Kier molecular flexibility index (Phi) is 3.82. The van der Waals surface area contributed by atoms with Gasteiger partial charge in [-0.1, -0.05) is 0 Å². The van der Waals surface area contributed by atoms with Crippen LogP contribution < -0.4 is 0 Å². The molecule has 0 amide bonds. The molecule has 1 aliphatic rings. The molecule has 3 aromatic rings. The number of aryl methyl sites for hydroxylation is 2. The number of hydrogen-bond donors (Lipinski definition) is 0. The van der Waals surface area contributed by atoms with Gasteiger partial charge in [-0.15, -0.1) is 11.3 Å². The summed E-state index contributed by atoms with van der Waals surface area (Å²) in [5.41, 5.74) is 2.24.